The Kier molecular flexibility index (Phi) is 5.18. The van der Waals surface area contributed by atoms with E-state index in [0.29, 0.717) is 10.9 Å². The van der Waals surface area contributed by atoms with Crippen molar-refractivity contribution in [3.63, 3.8) is 0 Å². The van der Waals surface area contributed by atoms with Gasteiger partial charge in [0.1, 0.15) is 5.82 Å². The van der Waals surface area contributed by atoms with Crippen LogP contribution in [0.1, 0.15) is 0 Å². The zero-order valence-electron chi connectivity index (χ0n) is 12.6. The summed E-state index contributed by atoms with van der Waals surface area (Å²) in [6.45, 7) is 0. The van der Waals surface area contributed by atoms with Gasteiger partial charge in [0.05, 0.1) is 11.4 Å². The van der Waals surface area contributed by atoms with E-state index in [1.54, 1.807) is 24.4 Å². The molecule has 0 saturated heterocycles. The largest absolute Gasteiger partial charge is 0.325 e. The van der Waals surface area contributed by atoms with Crippen LogP contribution in [0.4, 0.5) is 10.1 Å². The van der Waals surface area contributed by atoms with Crippen LogP contribution in [0.2, 0.25) is 0 Å². The van der Waals surface area contributed by atoms with Gasteiger partial charge >= 0.3 is 0 Å². The van der Waals surface area contributed by atoms with Crippen molar-refractivity contribution in [3.8, 4) is 11.3 Å². The SMILES string of the molecule is O=C(CSc1nccc(-c2ccc(F)cc2)n1)Nc1ccccc1. The molecule has 120 valence electrons. The molecule has 0 unspecified atom stereocenters. The molecule has 1 N–H and O–H groups in total. The van der Waals surface area contributed by atoms with E-state index in [9.17, 15) is 9.18 Å². The number of para-hydroxylation sites is 1. The van der Waals surface area contributed by atoms with Gasteiger partial charge in [0.2, 0.25) is 5.91 Å². The van der Waals surface area contributed by atoms with Crippen LogP contribution < -0.4 is 5.32 Å². The third kappa shape index (κ3) is 4.39. The van der Waals surface area contributed by atoms with Gasteiger partial charge in [-0.15, -0.1) is 0 Å². The first-order valence-corrected chi connectivity index (χ1v) is 8.26. The first kappa shape index (κ1) is 16.1. The van der Waals surface area contributed by atoms with Gasteiger partial charge in [0.25, 0.3) is 0 Å². The smallest absolute Gasteiger partial charge is 0.234 e. The summed E-state index contributed by atoms with van der Waals surface area (Å²) in [4.78, 5) is 20.5. The molecule has 4 nitrogen and oxygen atoms in total. The van der Waals surface area contributed by atoms with E-state index in [-0.39, 0.29) is 17.5 Å². The second kappa shape index (κ2) is 7.70. The van der Waals surface area contributed by atoms with Crippen LogP contribution in [0, 0.1) is 5.82 Å². The quantitative estimate of drug-likeness (QED) is 0.564. The standard InChI is InChI=1S/C18H14FN3OS/c19-14-8-6-13(7-9-14)16-10-11-20-18(22-16)24-12-17(23)21-15-4-2-1-3-5-15/h1-11H,12H2,(H,21,23). The lowest BCUT2D eigenvalue weighted by Gasteiger charge is -2.05. The normalized spacial score (nSPS) is 10.4. The highest BCUT2D eigenvalue weighted by molar-refractivity contribution is 7.99. The van der Waals surface area contributed by atoms with Crippen LogP contribution in [0.3, 0.4) is 0 Å². The summed E-state index contributed by atoms with van der Waals surface area (Å²) >= 11 is 1.25. The number of hydrogen-bond acceptors (Lipinski definition) is 4. The van der Waals surface area contributed by atoms with E-state index in [1.165, 1.54) is 23.9 Å². The number of amides is 1. The summed E-state index contributed by atoms with van der Waals surface area (Å²) in [5.41, 5.74) is 2.24. The number of halogens is 1. The highest BCUT2D eigenvalue weighted by Crippen LogP contribution is 2.20. The van der Waals surface area contributed by atoms with Crippen molar-refractivity contribution < 1.29 is 9.18 Å². The lowest BCUT2D eigenvalue weighted by Crippen LogP contribution is -2.14. The minimum absolute atomic E-state index is 0.123. The molecule has 1 aromatic heterocycles. The van der Waals surface area contributed by atoms with Crippen molar-refractivity contribution in [3.05, 3.63) is 72.7 Å². The van der Waals surface area contributed by atoms with Gasteiger partial charge in [-0.05, 0) is 42.5 Å². The molecular weight excluding hydrogens is 325 g/mol. The van der Waals surface area contributed by atoms with E-state index < -0.39 is 0 Å². The van der Waals surface area contributed by atoms with Gasteiger partial charge in [-0.2, -0.15) is 0 Å². The van der Waals surface area contributed by atoms with Gasteiger partial charge in [0, 0.05) is 17.4 Å². The van der Waals surface area contributed by atoms with Gasteiger partial charge in [-0.1, -0.05) is 30.0 Å². The summed E-state index contributed by atoms with van der Waals surface area (Å²) in [7, 11) is 0. The number of aromatic nitrogens is 2. The highest BCUT2D eigenvalue weighted by Gasteiger charge is 2.07. The Labute approximate surface area is 143 Å². The van der Waals surface area contributed by atoms with Crippen molar-refractivity contribution >= 4 is 23.4 Å². The summed E-state index contributed by atoms with van der Waals surface area (Å²) < 4.78 is 13.0. The Morgan fingerprint density at radius 3 is 2.54 bits per heavy atom. The van der Waals surface area contributed by atoms with Crippen molar-refractivity contribution in [2.75, 3.05) is 11.1 Å². The molecule has 1 heterocycles. The van der Waals surface area contributed by atoms with Crippen LogP contribution in [0.15, 0.2) is 72.0 Å². The minimum atomic E-state index is -0.292. The lowest BCUT2D eigenvalue weighted by molar-refractivity contribution is -0.113. The molecule has 24 heavy (non-hydrogen) atoms. The van der Waals surface area contributed by atoms with Crippen LogP contribution in [0.5, 0.6) is 0 Å². The number of nitrogens with one attached hydrogen (secondary N) is 1. The third-order valence-electron chi connectivity index (χ3n) is 3.16. The van der Waals surface area contributed by atoms with Gasteiger partial charge < -0.3 is 5.32 Å². The number of thioether (sulfide) groups is 1. The van der Waals surface area contributed by atoms with Crippen LogP contribution in [0.25, 0.3) is 11.3 Å². The molecule has 3 aromatic rings. The number of benzene rings is 2. The molecule has 0 aliphatic heterocycles. The molecular formula is C18H14FN3OS. The van der Waals surface area contributed by atoms with Gasteiger partial charge in [0.15, 0.2) is 5.16 Å². The third-order valence-corrected chi connectivity index (χ3v) is 4.02. The number of anilines is 1. The zero-order chi connectivity index (χ0) is 16.8. The Hall–Kier alpha value is -2.73. The average molecular weight is 339 g/mol. The molecule has 2 aromatic carbocycles. The predicted octanol–water partition coefficient (Wildman–Crippen LogP) is 4.01. The number of carbonyl (C=O) groups is 1. The first-order valence-electron chi connectivity index (χ1n) is 7.27. The molecule has 6 heteroatoms. The van der Waals surface area contributed by atoms with E-state index in [0.717, 1.165) is 11.3 Å². The number of hydrogen-bond donors (Lipinski definition) is 1. The van der Waals surface area contributed by atoms with Crippen molar-refractivity contribution in [2.45, 2.75) is 5.16 Å². The Bertz CT molecular complexity index is 825. The van der Waals surface area contributed by atoms with E-state index in [1.807, 2.05) is 30.3 Å². The average Bonchev–Trinajstić information content (AvgIpc) is 2.62. The van der Waals surface area contributed by atoms with Crippen LogP contribution >= 0.6 is 11.8 Å². The summed E-state index contributed by atoms with van der Waals surface area (Å²) in [6, 6.07) is 17.1. The summed E-state index contributed by atoms with van der Waals surface area (Å²) in [5, 5.41) is 3.31. The molecule has 0 saturated carbocycles. The van der Waals surface area contributed by atoms with Gasteiger partial charge in [-0.3, -0.25) is 4.79 Å². The Morgan fingerprint density at radius 2 is 1.79 bits per heavy atom. The lowest BCUT2D eigenvalue weighted by atomic mass is 10.1. The molecule has 0 atom stereocenters. The van der Waals surface area contributed by atoms with Crippen LogP contribution in [-0.4, -0.2) is 21.6 Å². The first-order chi connectivity index (χ1) is 11.7. The number of carbonyl (C=O) groups excluding carboxylic acids is 1. The summed E-state index contributed by atoms with van der Waals surface area (Å²) in [5.74, 6) is -0.205. The van der Waals surface area contributed by atoms with Gasteiger partial charge in [-0.25, -0.2) is 14.4 Å². The second-order valence-corrected chi connectivity index (χ2v) is 5.88. The second-order valence-electron chi connectivity index (χ2n) is 4.93. The molecule has 0 spiro atoms. The Morgan fingerprint density at radius 1 is 1.04 bits per heavy atom. The molecule has 0 radical (unpaired) electrons. The van der Waals surface area contributed by atoms with E-state index >= 15 is 0 Å². The van der Waals surface area contributed by atoms with E-state index in [4.69, 9.17) is 0 Å². The maximum atomic E-state index is 13.0. The van der Waals surface area contributed by atoms with Crippen molar-refractivity contribution in [1.82, 2.24) is 9.97 Å². The van der Waals surface area contributed by atoms with Crippen LogP contribution in [-0.2, 0) is 4.79 Å². The number of rotatable bonds is 5. The fourth-order valence-electron chi connectivity index (χ4n) is 2.04. The topological polar surface area (TPSA) is 54.9 Å². The Balaban J connectivity index is 1.62. The minimum Gasteiger partial charge on any atom is -0.325 e. The molecule has 0 bridgehead atoms. The zero-order valence-corrected chi connectivity index (χ0v) is 13.5. The molecule has 0 aliphatic carbocycles. The van der Waals surface area contributed by atoms with E-state index in [2.05, 4.69) is 15.3 Å². The fraction of sp³-hybridized carbons (Fsp3) is 0.0556. The number of nitrogens with zero attached hydrogens (tertiary/aromatic N) is 2. The predicted molar refractivity (Wildman–Crippen MR) is 93.2 cm³/mol. The highest BCUT2D eigenvalue weighted by atomic mass is 32.2. The molecule has 1 amide bonds. The molecule has 0 fully saturated rings. The summed E-state index contributed by atoms with van der Waals surface area (Å²) in [6.07, 6.45) is 1.63. The molecule has 0 aliphatic rings. The fourth-order valence-corrected chi connectivity index (χ4v) is 2.67. The maximum absolute atomic E-state index is 13.0. The van der Waals surface area contributed by atoms with Crippen molar-refractivity contribution in [2.24, 2.45) is 0 Å². The van der Waals surface area contributed by atoms with Crippen molar-refractivity contribution in [1.29, 1.82) is 0 Å². The molecule has 3 rings (SSSR count). The monoisotopic (exact) mass is 339 g/mol. The maximum Gasteiger partial charge on any atom is 0.234 e.